The van der Waals surface area contributed by atoms with Crippen LogP contribution in [0.1, 0.15) is 69.6 Å². The van der Waals surface area contributed by atoms with Gasteiger partial charge in [0.1, 0.15) is 6.54 Å². The van der Waals surface area contributed by atoms with Crippen LogP contribution in [0.3, 0.4) is 0 Å². The minimum atomic E-state index is 0.102. The van der Waals surface area contributed by atoms with Crippen molar-refractivity contribution < 1.29 is 4.52 Å². The summed E-state index contributed by atoms with van der Waals surface area (Å²) >= 11 is 1.72. The average Bonchev–Trinajstić information content (AvgIpc) is 3.21. The molecule has 0 unspecified atom stereocenters. The van der Waals surface area contributed by atoms with Crippen LogP contribution < -0.4 is 10.6 Å². The molecule has 0 saturated carbocycles. The Morgan fingerprint density at radius 2 is 2.08 bits per heavy atom. The highest BCUT2D eigenvalue weighted by molar-refractivity contribution is 7.09. The van der Waals surface area contributed by atoms with E-state index in [2.05, 4.69) is 67.7 Å². The molecule has 6 nitrogen and oxygen atoms in total. The number of aromatic nitrogens is 2. The van der Waals surface area contributed by atoms with Crippen LogP contribution in [0.5, 0.6) is 0 Å². The van der Waals surface area contributed by atoms with Crippen molar-refractivity contribution in [3.05, 3.63) is 33.6 Å². The Morgan fingerprint density at radius 1 is 1.31 bits per heavy atom. The lowest BCUT2D eigenvalue weighted by Gasteiger charge is -2.14. The maximum atomic E-state index is 5.34. The number of nitrogens with one attached hydrogen (secondary N) is 2. The molecule has 0 aliphatic rings. The standard InChI is InChI=1S/C19H31N5OS/c1-7-20-18(22-11-14-10-15(13(2)3)24-25-14)21-9-8-17-23-16(12-26-17)19(4,5)6/h10,12-13H,7-9,11H2,1-6H3,(H2,20,21,22). The quantitative estimate of drug-likeness (QED) is 0.566. The van der Waals surface area contributed by atoms with Gasteiger partial charge in [-0.2, -0.15) is 0 Å². The molecule has 0 amide bonds. The Balaban J connectivity index is 1.87. The van der Waals surface area contributed by atoms with Crippen LogP contribution >= 0.6 is 11.3 Å². The summed E-state index contributed by atoms with van der Waals surface area (Å²) in [5.41, 5.74) is 2.22. The lowest BCUT2D eigenvalue weighted by molar-refractivity contribution is 0.376. The highest BCUT2D eigenvalue weighted by atomic mass is 32.1. The van der Waals surface area contributed by atoms with E-state index in [0.29, 0.717) is 12.5 Å². The summed E-state index contributed by atoms with van der Waals surface area (Å²) in [6.07, 6.45) is 0.880. The van der Waals surface area contributed by atoms with E-state index in [1.165, 1.54) is 0 Å². The Morgan fingerprint density at radius 3 is 2.65 bits per heavy atom. The smallest absolute Gasteiger partial charge is 0.191 e. The molecule has 0 spiro atoms. The van der Waals surface area contributed by atoms with Gasteiger partial charge in [-0.1, -0.05) is 39.8 Å². The molecule has 0 aromatic carbocycles. The molecule has 2 heterocycles. The molecule has 0 bridgehead atoms. The molecule has 0 radical (unpaired) electrons. The van der Waals surface area contributed by atoms with Gasteiger partial charge in [0.05, 0.1) is 16.4 Å². The van der Waals surface area contributed by atoms with Crippen LogP contribution in [0.2, 0.25) is 0 Å². The minimum Gasteiger partial charge on any atom is -0.359 e. The number of guanidine groups is 1. The number of thiazole rings is 1. The van der Waals surface area contributed by atoms with Crippen molar-refractivity contribution in [1.82, 2.24) is 20.8 Å². The lowest BCUT2D eigenvalue weighted by Crippen LogP contribution is -2.38. The van der Waals surface area contributed by atoms with E-state index in [1.807, 2.05) is 6.07 Å². The van der Waals surface area contributed by atoms with E-state index in [9.17, 15) is 0 Å². The lowest BCUT2D eigenvalue weighted by atomic mass is 9.93. The Labute approximate surface area is 160 Å². The second kappa shape index (κ2) is 9.16. The molecule has 0 fully saturated rings. The molecule has 0 saturated heterocycles. The fourth-order valence-electron chi connectivity index (χ4n) is 2.23. The maximum Gasteiger partial charge on any atom is 0.191 e. The van der Waals surface area contributed by atoms with Crippen molar-refractivity contribution in [2.45, 2.75) is 65.8 Å². The number of hydrogen-bond donors (Lipinski definition) is 2. The zero-order valence-electron chi connectivity index (χ0n) is 16.7. The topological polar surface area (TPSA) is 75.3 Å². The summed E-state index contributed by atoms with van der Waals surface area (Å²) in [5, 5.41) is 14.0. The molecule has 2 aromatic heterocycles. The molecule has 26 heavy (non-hydrogen) atoms. The predicted molar refractivity (Wildman–Crippen MR) is 108 cm³/mol. The second-order valence-electron chi connectivity index (χ2n) is 7.62. The first-order chi connectivity index (χ1) is 12.3. The van der Waals surface area contributed by atoms with E-state index in [4.69, 9.17) is 9.51 Å². The van der Waals surface area contributed by atoms with Crippen molar-refractivity contribution in [1.29, 1.82) is 0 Å². The molecule has 144 valence electrons. The first-order valence-corrected chi connectivity index (χ1v) is 10.1. The van der Waals surface area contributed by atoms with Crippen molar-refractivity contribution in [2.24, 2.45) is 4.99 Å². The number of nitrogens with zero attached hydrogens (tertiary/aromatic N) is 3. The summed E-state index contributed by atoms with van der Waals surface area (Å²) in [6, 6.07) is 1.97. The summed E-state index contributed by atoms with van der Waals surface area (Å²) < 4.78 is 5.34. The fraction of sp³-hybridized carbons (Fsp3) is 0.632. The summed E-state index contributed by atoms with van der Waals surface area (Å²) in [6.45, 7) is 14.9. The first kappa shape index (κ1) is 20.4. The third kappa shape index (κ3) is 6.12. The van der Waals surface area contributed by atoms with Gasteiger partial charge in [-0.15, -0.1) is 11.3 Å². The molecule has 0 atom stereocenters. The largest absolute Gasteiger partial charge is 0.359 e. The summed E-state index contributed by atoms with van der Waals surface area (Å²) in [4.78, 5) is 9.31. The van der Waals surface area contributed by atoms with Crippen LogP contribution in [0, 0.1) is 0 Å². The minimum absolute atomic E-state index is 0.102. The van der Waals surface area contributed by atoms with Crippen LogP contribution in [0.4, 0.5) is 0 Å². The van der Waals surface area contributed by atoms with Gasteiger partial charge in [-0.3, -0.25) is 0 Å². The van der Waals surface area contributed by atoms with Crippen molar-refractivity contribution in [3.8, 4) is 0 Å². The van der Waals surface area contributed by atoms with Gasteiger partial charge in [-0.25, -0.2) is 9.98 Å². The van der Waals surface area contributed by atoms with Crippen molar-refractivity contribution in [3.63, 3.8) is 0 Å². The van der Waals surface area contributed by atoms with E-state index in [0.717, 1.165) is 47.6 Å². The number of rotatable bonds is 7. The van der Waals surface area contributed by atoms with E-state index in [-0.39, 0.29) is 5.41 Å². The van der Waals surface area contributed by atoms with E-state index >= 15 is 0 Å². The van der Waals surface area contributed by atoms with Gasteiger partial charge in [0.2, 0.25) is 0 Å². The van der Waals surface area contributed by atoms with Crippen molar-refractivity contribution >= 4 is 17.3 Å². The molecular formula is C19H31N5OS. The van der Waals surface area contributed by atoms with Gasteiger partial charge >= 0.3 is 0 Å². The third-order valence-electron chi connectivity index (χ3n) is 3.86. The fourth-order valence-corrected chi connectivity index (χ4v) is 3.26. The average molecular weight is 378 g/mol. The van der Waals surface area contributed by atoms with Gasteiger partial charge in [0.15, 0.2) is 11.7 Å². The molecule has 0 aliphatic carbocycles. The second-order valence-corrected chi connectivity index (χ2v) is 8.56. The molecule has 2 rings (SSSR count). The van der Waals surface area contributed by atoms with Gasteiger partial charge in [0, 0.05) is 36.4 Å². The normalized spacial score (nSPS) is 12.7. The van der Waals surface area contributed by atoms with Crippen LogP contribution in [0.25, 0.3) is 0 Å². The highest BCUT2D eigenvalue weighted by Gasteiger charge is 2.17. The van der Waals surface area contributed by atoms with Crippen molar-refractivity contribution in [2.75, 3.05) is 13.1 Å². The number of hydrogen-bond acceptors (Lipinski definition) is 5. The van der Waals surface area contributed by atoms with Crippen LogP contribution in [-0.4, -0.2) is 29.2 Å². The SMILES string of the molecule is CCNC(=NCc1cc(C(C)C)no1)NCCc1nc(C(C)(C)C)cs1. The maximum absolute atomic E-state index is 5.34. The van der Waals surface area contributed by atoms with E-state index in [1.54, 1.807) is 11.3 Å². The Bertz CT molecular complexity index is 712. The Kier molecular flexibility index (Phi) is 7.20. The zero-order chi connectivity index (χ0) is 19.2. The van der Waals surface area contributed by atoms with Gasteiger partial charge in [-0.05, 0) is 12.8 Å². The molecule has 2 N–H and O–H groups in total. The number of aliphatic imine (C=N–C) groups is 1. The zero-order valence-corrected chi connectivity index (χ0v) is 17.5. The molecule has 0 aliphatic heterocycles. The highest BCUT2D eigenvalue weighted by Crippen LogP contribution is 2.23. The molecular weight excluding hydrogens is 346 g/mol. The summed E-state index contributed by atoms with van der Waals surface area (Å²) in [7, 11) is 0. The third-order valence-corrected chi connectivity index (χ3v) is 4.77. The molecule has 7 heteroatoms. The first-order valence-electron chi connectivity index (χ1n) is 9.22. The van der Waals surface area contributed by atoms with Gasteiger partial charge in [0.25, 0.3) is 0 Å². The van der Waals surface area contributed by atoms with Crippen LogP contribution in [0.15, 0.2) is 21.0 Å². The predicted octanol–water partition coefficient (Wildman–Crippen LogP) is 3.85. The van der Waals surface area contributed by atoms with Gasteiger partial charge < -0.3 is 15.2 Å². The molecule has 2 aromatic rings. The van der Waals surface area contributed by atoms with E-state index < -0.39 is 0 Å². The summed E-state index contributed by atoms with van der Waals surface area (Å²) in [5.74, 6) is 1.92. The van der Waals surface area contributed by atoms with Crippen LogP contribution in [-0.2, 0) is 18.4 Å². The monoisotopic (exact) mass is 377 g/mol. The Hall–Kier alpha value is -1.89.